The average Bonchev–Trinajstić information content (AvgIpc) is 2.44. The zero-order valence-corrected chi connectivity index (χ0v) is 10.7. The fraction of sp³-hybridized carbons (Fsp3) is 0.385. The summed E-state index contributed by atoms with van der Waals surface area (Å²) in [7, 11) is 1.20. The molecular formula is C13H16N2O4. The lowest BCUT2D eigenvalue weighted by Crippen LogP contribution is -2.34. The summed E-state index contributed by atoms with van der Waals surface area (Å²) >= 11 is 0. The van der Waals surface area contributed by atoms with Gasteiger partial charge in [-0.3, -0.25) is 10.1 Å². The van der Waals surface area contributed by atoms with Gasteiger partial charge < -0.3 is 14.8 Å². The highest BCUT2D eigenvalue weighted by atomic mass is 16.5. The number of fused-ring (bicyclic) bond motifs is 1. The molecule has 0 unspecified atom stereocenters. The lowest BCUT2D eigenvalue weighted by atomic mass is 10.0. The summed E-state index contributed by atoms with van der Waals surface area (Å²) in [6, 6.07) is 5.71. The van der Waals surface area contributed by atoms with Crippen molar-refractivity contribution in [3.8, 4) is 5.75 Å². The second kappa shape index (κ2) is 6.08. The van der Waals surface area contributed by atoms with Gasteiger partial charge in [-0.25, -0.2) is 4.79 Å². The van der Waals surface area contributed by atoms with E-state index in [9.17, 15) is 9.59 Å². The van der Waals surface area contributed by atoms with Crippen molar-refractivity contribution < 1.29 is 19.1 Å². The molecule has 2 rings (SSSR count). The van der Waals surface area contributed by atoms with Gasteiger partial charge in [0.15, 0.2) is 6.61 Å². The van der Waals surface area contributed by atoms with Crippen LogP contribution in [0.1, 0.15) is 12.0 Å². The van der Waals surface area contributed by atoms with Gasteiger partial charge in [-0.2, -0.15) is 0 Å². The number of methoxy groups -OCH3 is 1. The van der Waals surface area contributed by atoms with Gasteiger partial charge in [-0.15, -0.1) is 0 Å². The molecule has 0 saturated heterocycles. The number of nitrogens with one attached hydrogen (secondary N) is 2. The van der Waals surface area contributed by atoms with Gasteiger partial charge >= 0.3 is 6.09 Å². The number of hydrogen-bond acceptors (Lipinski definition) is 5. The van der Waals surface area contributed by atoms with Gasteiger partial charge in [0.25, 0.3) is 5.91 Å². The number of hydrogen-bond donors (Lipinski definition) is 2. The van der Waals surface area contributed by atoms with Crippen molar-refractivity contribution in [1.82, 2.24) is 5.32 Å². The third-order valence-corrected chi connectivity index (χ3v) is 2.82. The molecule has 0 bridgehead atoms. The van der Waals surface area contributed by atoms with Crippen LogP contribution in [0.4, 0.5) is 10.5 Å². The molecule has 1 aromatic rings. The number of alkyl carbamates (subject to hydrolysis) is 1. The van der Waals surface area contributed by atoms with Gasteiger partial charge in [0, 0.05) is 6.54 Å². The molecule has 2 N–H and O–H groups in total. The van der Waals surface area contributed by atoms with Crippen LogP contribution >= 0.6 is 0 Å². The zero-order chi connectivity index (χ0) is 13.7. The summed E-state index contributed by atoms with van der Waals surface area (Å²) in [5.41, 5.74) is 2.11. The van der Waals surface area contributed by atoms with Crippen molar-refractivity contribution in [3.05, 3.63) is 23.8 Å². The molecule has 0 atom stereocenters. The van der Waals surface area contributed by atoms with E-state index in [0.717, 1.165) is 25.1 Å². The predicted octanol–water partition coefficient (Wildman–Crippen LogP) is 1.31. The summed E-state index contributed by atoms with van der Waals surface area (Å²) in [5.74, 6) is 0.0810. The van der Waals surface area contributed by atoms with E-state index < -0.39 is 12.0 Å². The maximum Gasteiger partial charge on any atom is 0.413 e. The van der Waals surface area contributed by atoms with Crippen LogP contribution in [0.2, 0.25) is 0 Å². The van der Waals surface area contributed by atoms with Gasteiger partial charge in [-0.1, -0.05) is 12.1 Å². The Kier molecular flexibility index (Phi) is 4.22. The summed E-state index contributed by atoms with van der Waals surface area (Å²) in [5, 5.41) is 5.29. The quantitative estimate of drug-likeness (QED) is 0.860. The van der Waals surface area contributed by atoms with Crippen LogP contribution in [0.5, 0.6) is 5.75 Å². The van der Waals surface area contributed by atoms with Gasteiger partial charge in [0.05, 0.1) is 12.8 Å². The van der Waals surface area contributed by atoms with Crippen LogP contribution in [-0.4, -0.2) is 32.3 Å². The molecule has 6 nitrogen and oxygen atoms in total. The van der Waals surface area contributed by atoms with Crippen LogP contribution in [0.3, 0.4) is 0 Å². The first-order valence-electron chi connectivity index (χ1n) is 6.07. The van der Waals surface area contributed by atoms with Crippen molar-refractivity contribution >= 4 is 17.7 Å². The highest BCUT2D eigenvalue weighted by molar-refractivity contribution is 5.92. The molecule has 0 aliphatic carbocycles. The molecule has 2 amide bonds. The molecule has 1 aliphatic rings. The number of anilines is 1. The van der Waals surface area contributed by atoms with E-state index >= 15 is 0 Å². The van der Waals surface area contributed by atoms with Crippen LogP contribution < -0.4 is 15.4 Å². The number of carbonyl (C=O) groups excluding carboxylic acids is 2. The second-order valence-electron chi connectivity index (χ2n) is 4.15. The average molecular weight is 264 g/mol. The minimum Gasteiger partial charge on any atom is -0.482 e. The second-order valence-corrected chi connectivity index (χ2v) is 4.15. The monoisotopic (exact) mass is 264 g/mol. The smallest absolute Gasteiger partial charge is 0.413 e. The lowest BCUT2D eigenvalue weighted by Gasteiger charge is -2.20. The van der Waals surface area contributed by atoms with Crippen LogP contribution in [-0.2, 0) is 16.0 Å². The van der Waals surface area contributed by atoms with Crippen molar-refractivity contribution in [3.63, 3.8) is 0 Å². The fourth-order valence-corrected chi connectivity index (χ4v) is 1.94. The minimum atomic E-state index is -0.790. The molecule has 0 fully saturated rings. The lowest BCUT2D eigenvalue weighted by molar-refractivity contribution is -0.122. The number of amides is 2. The molecule has 1 heterocycles. The van der Waals surface area contributed by atoms with Crippen LogP contribution in [0.15, 0.2) is 18.2 Å². The molecule has 0 saturated carbocycles. The van der Waals surface area contributed by atoms with Gasteiger partial charge in [0.2, 0.25) is 0 Å². The fourth-order valence-electron chi connectivity index (χ4n) is 1.94. The number of ether oxygens (including phenoxy) is 2. The number of aryl methyl sites for hydroxylation is 1. The first-order chi connectivity index (χ1) is 9.20. The van der Waals surface area contributed by atoms with E-state index in [1.165, 1.54) is 12.7 Å². The Bertz CT molecular complexity index is 488. The number of para-hydroxylation sites is 1. The molecule has 1 aliphatic heterocycles. The SMILES string of the molecule is COC(=O)NC(=O)COc1cccc2c1NCCC2. The molecular weight excluding hydrogens is 248 g/mol. The maximum atomic E-state index is 11.4. The molecule has 0 radical (unpaired) electrons. The van der Waals surface area contributed by atoms with E-state index in [0.29, 0.717) is 5.75 Å². The topological polar surface area (TPSA) is 76.7 Å². The Morgan fingerprint density at radius 3 is 3.05 bits per heavy atom. The third-order valence-electron chi connectivity index (χ3n) is 2.82. The van der Waals surface area contributed by atoms with Crippen molar-refractivity contribution in [2.24, 2.45) is 0 Å². The zero-order valence-electron chi connectivity index (χ0n) is 10.7. The number of imide groups is 1. The Labute approximate surface area is 111 Å². The normalized spacial score (nSPS) is 12.9. The number of benzene rings is 1. The third kappa shape index (κ3) is 3.37. The Balaban J connectivity index is 1.96. The molecule has 0 aromatic heterocycles. The first-order valence-corrected chi connectivity index (χ1v) is 6.07. The molecule has 0 spiro atoms. The van der Waals surface area contributed by atoms with Gasteiger partial charge in [0.1, 0.15) is 5.75 Å². The maximum absolute atomic E-state index is 11.4. The number of rotatable bonds is 3. The van der Waals surface area contributed by atoms with E-state index in [4.69, 9.17) is 4.74 Å². The largest absolute Gasteiger partial charge is 0.482 e. The van der Waals surface area contributed by atoms with E-state index in [1.54, 1.807) is 6.07 Å². The standard InChI is InChI=1S/C13H16N2O4/c1-18-13(17)15-11(16)8-19-10-6-2-4-9-5-3-7-14-12(9)10/h2,4,6,14H,3,5,7-8H2,1H3,(H,15,16,17). The molecule has 6 heteroatoms. The minimum absolute atomic E-state index is 0.229. The molecule has 102 valence electrons. The Morgan fingerprint density at radius 1 is 1.42 bits per heavy atom. The van der Waals surface area contributed by atoms with Crippen LogP contribution in [0.25, 0.3) is 0 Å². The van der Waals surface area contributed by atoms with Crippen LogP contribution in [0, 0.1) is 0 Å². The van der Waals surface area contributed by atoms with E-state index in [-0.39, 0.29) is 6.61 Å². The Hall–Kier alpha value is -2.24. The molecule has 1 aromatic carbocycles. The van der Waals surface area contributed by atoms with E-state index in [1.807, 2.05) is 17.4 Å². The number of carbonyl (C=O) groups is 2. The van der Waals surface area contributed by atoms with Crippen molar-refractivity contribution in [2.45, 2.75) is 12.8 Å². The summed E-state index contributed by atoms with van der Waals surface area (Å²) < 4.78 is 9.75. The van der Waals surface area contributed by atoms with Crippen molar-refractivity contribution in [2.75, 3.05) is 25.6 Å². The predicted molar refractivity (Wildman–Crippen MR) is 69.3 cm³/mol. The van der Waals surface area contributed by atoms with Crippen molar-refractivity contribution in [1.29, 1.82) is 0 Å². The summed E-state index contributed by atoms with van der Waals surface area (Å²) in [4.78, 5) is 22.2. The molecule has 19 heavy (non-hydrogen) atoms. The summed E-state index contributed by atoms with van der Waals surface area (Å²) in [6.45, 7) is 0.662. The van der Waals surface area contributed by atoms with Gasteiger partial charge in [-0.05, 0) is 24.5 Å². The highest BCUT2D eigenvalue weighted by Gasteiger charge is 2.14. The highest BCUT2D eigenvalue weighted by Crippen LogP contribution is 2.31. The van der Waals surface area contributed by atoms with E-state index in [2.05, 4.69) is 10.1 Å². The Morgan fingerprint density at radius 2 is 2.26 bits per heavy atom. The first kappa shape index (κ1) is 13.2. The summed E-state index contributed by atoms with van der Waals surface area (Å²) in [6.07, 6.45) is 1.29.